The summed E-state index contributed by atoms with van der Waals surface area (Å²) in [7, 11) is -1.73. The van der Waals surface area contributed by atoms with Gasteiger partial charge in [0.25, 0.3) is 0 Å². The Balaban J connectivity index is 0.00000320. The molecule has 0 aliphatic carbocycles. The van der Waals surface area contributed by atoms with E-state index in [2.05, 4.69) is 96.3 Å². The van der Waals surface area contributed by atoms with Gasteiger partial charge in [-0.1, -0.05) is 61.0 Å². The number of carboxylic acid groups (broad SMARTS) is 1. The molecular formula is C25H29BrNO2P. The molecule has 0 spiro atoms. The quantitative estimate of drug-likeness (QED) is 0.340. The van der Waals surface area contributed by atoms with E-state index < -0.39 is 13.4 Å². The molecule has 158 valence electrons. The molecule has 0 heterocycles. The summed E-state index contributed by atoms with van der Waals surface area (Å²) in [5, 5.41) is 15.4. The largest absolute Gasteiger partial charge is 1.00 e. The lowest BCUT2D eigenvalue weighted by Crippen LogP contribution is -3.00. The highest BCUT2D eigenvalue weighted by Gasteiger charge is 2.44. The number of amides is 1. The topological polar surface area (TPSA) is 49.3 Å². The Morgan fingerprint density at radius 2 is 1.07 bits per heavy atom. The lowest BCUT2D eigenvalue weighted by Gasteiger charge is -2.27. The van der Waals surface area contributed by atoms with E-state index >= 15 is 0 Å². The first kappa shape index (κ1) is 24.1. The molecule has 0 aliphatic rings. The third-order valence-electron chi connectivity index (χ3n) is 5.29. The molecule has 0 fully saturated rings. The number of nitrogens with one attached hydrogen (secondary N) is 1. The average Bonchev–Trinajstić information content (AvgIpc) is 2.77. The van der Waals surface area contributed by atoms with Gasteiger partial charge in [-0.25, -0.2) is 4.79 Å². The van der Waals surface area contributed by atoms with Crippen LogP contribution in [0.2, 0.25) is 0 Å². The molecule has 0 saturated heterocycles. The fraction of sp³-hybridized carbons (Fsp3) is 0.240. The summed E-state index contributed by atoms with van der Waals surface area (Å²) in [6.45, 7) is 0.533. The molecule has 30 heavy (non-hydrogen) atoms. The van der Waals surface area contributed by atoms with Crippen LogP contribution < -0.4 is 38.2 Å². The van der Waals surface area contributed by atoms with Gasteiger partial charge in [-0.15, -0.1) is 0 Å². The smallest absolute Gasteiger partial charge is 0.404 e. The highest BCUT2D eigenvalue weighted by atomic mass is 79.9. The van der Waals surface area contributed by atoms with Crippen LogP contribution in [0.3, 0.4) is 0 Å². The number of benzene rings is 3. The maximum absolute atomic E-state index is 10.6. The maximum Gasteiger partial charge on any atom is 0.404 e. The molecule has 5 heteroatoms. The van der Waals surface area contributed by atoms with E-state index in [1.165, 1.54) is 15.9 Å². The summed E-state index contributed by atoms with van der Waals surface area (Å²) in [4.78, 5) is 10.6. The first-order valence-corrected chi connectivity index (χ1v) is 12.2. The van der Waals surface area contributed by atoms with E-state index in [1.807, 2.05) is 0 Å². The molecule has 3 nitrogen and oxygen atoms in total. The first-order valence-electron chi connectivity index (χ1n) is 10.3. The molecule has 0 aliphatic heterocycles. The minimum absolute atomic E-state index is 0. The second kappa shape index (κ2) is 12.5. The third kappa shape index (κ3) is 6.17. The van der Waals surface area contributed by atoms with Crippen LogP contribution in [0.25, 0.3) is 0 Å². The van der Waals surface area contributed by atoms with Gasteiger partial charge in [0.2, 0.25) is 0 Å². The molecular weight excluding hydrogens is 457 g/mol. The molecule has 3 rings (SSSR count). The van der Waals surface area contributed by atoms with Gasteiger partial charge in [0, 0.05) is 6.54 Å². The van der Waals surface area contributed by atoms with Crippen molar-refractivity contribution in [2.45, 2.75) is 25.7 Å². The van der Waals surface area contributed by atoms with Crippen molar-refractivity contribution in [3.63, 3.8) is 0 Å². The van der Waals surface area contributed by atoms with Crippen LogP contribution in [-0.2, 0) is 0 Å². The predicted octanol–water partition coefficient (Wildman–Crippen LogP) is 1.81. The Morgan fingerprint density at radius 3 is 1.47 bits per heavy atom. The molecule has 0 radical (unpaired) electrons. The van der Waals surface area contributed by atoms with Crippen LogP contribution in [0, 0.1) is 0 Å². The third-order valence-corrected chi connectivity index (χ3v) is 9.81. The van der Waals surface area contributed by atoms with Crippen molar-refractivity contribution in [2.75, 3.05) is 12.7 Å². The summed E-state index contributed by atoms with van der Waals surface area (Å²) in [6, 6.07) is 32.8. The molecule has 0 atom stereocenters. The van der Waals surface area contributed by atoms with Crippen molar-refractivity contribution >= 4 is 29.3 Å². The van der Waals surface area contributed by atoms with Crippen LogP contribution in [0.4, 0.5) is 4.79 Å². The Morgan fingerprint density at radius 1 is 0.667 bits per heavy atom. The Hall–Kier alpha value is -2.16. The van der Waals surface area contributed by atoms with Crippen LogP contribution in [0.15, 0.2) is 91.0 Å². The standard InChI is InChI=1S/C25H28NO2P.BrH/c27-25(28)26-20-12-1-2-13-21-29(22-14-6-3-7-15-22,23-16-8-4-9-17-23)24-18-10-5-11-19-24;/h3-11,14-19,26H,1-2,12-13,20-21H2;1H. The van der Waals surface area contributed by atoms with Crippen molar-refractivity contribution in [1.82, 2.24) is 5.32 Å². The second-order valence-electron chi connectivity index (χ2n) is 7.19. The Kier molecular flexibility index (Phi) is 10.1. The normalized spacial score (nSPS) is 10.8. The second-order valence-corrected chi connectivity index (χ2v) is 10.8. The molecule has 2 N–H and O–H groups in total. The number of carbonyl (C=O) groups is 1. The van der Waals surface area contributed by atoms with Gasteiger partial charge in [-0.3, -0.25) is 0 Å². The van der Waals surface area contributed by atoms with E-state index in [0.717, 1.165) is 31.8 Å². The number of hydrogen-bond acceptors (Lipinski definition) is 1. The van der Waals surface area contributed by atoms with E-state index in [9.17, 15) is 4.79 Å². The van der Waals surface area contributed by atoms with Gasteiger partial charge in [0.1, 0.15) is 23.2 Å². The predicted molar refractivity (Wildman–Crippen MR) is 125 cm³/mol. The molecule has 3 aromatic rings. The van der Waals surface area contributed by atoms with Gasteiger partial charge in [-0.05, 0) is 55.7 Å². The zero-order valence-corrected chi connectivity index (χ0v) is 19.6. The van der Waals surface area contributed by atoms with Crippen LogP contribution in [0.1, 0.15) is 25.7 Å². The number of unbranched alkanes of at least 4 members (excludes halogenated alkanes) is 3. The molecule has 0 bridgehead atoms. The van der Waals surface area contributed by atoms with Crippen molar-refractivity contribution in [2.24, 2.45) is 0 Å². The van der Waals surface area contributed by atoms with E-state index in [-0.39, 0.29) is 17.0 Å². The molecule has 3 aromatic carbocycles. The highest BCUT2D eigenvalue weighted by molar-refractivity contribution is 7.95. The van der Waals surface area contributed by atoms with E-state index in [4.69, 9.17) is 5.11 Å². The van der Waals surface area contributed by atoms with Crippen molar-refractivity contribution in [3.8, 4) is 0 Å². The summed E-state index contributed by atoms with van der Waals surface area (Å²) in [6.07, 6.45) is 4.34. The van der Waals surface area contributed by atoms with E-state index in [1.54, 1.807) is 0 Å². The Bertz CT molecular complexity index is 779. The van der Waals surface area contributed by atoms with Crippen molar-refractivity contribution in [3.05, 3.63) is 91.0 Å². The summed E-state index contributed by atoms with van der Waals surface area (Å²) < 4.78 is 0. The molecule has 0 aromatic heterocycles. The number of hydrogen-bond donors (Lipinski definition) is 2. The lowest BCUT2D eigenvalue weighted by atomic mass is 10.2. The SMILES string of the molecule is O=C(O)NCCCCCC[P+](c1ccccc1)(c1ccccc1)c1ccccc1.[Br-]. The summed E-state index contributed by atoms with van der Waals surface area (Å²) in [5.74, 6) is 0. The Labute approximate surface area is 190 Å². The lowest BCUT2D eigenvalue weighted by molar-refractivity contribution is -0.0000120. The number of halogens is 1. The minimum atomic E-state index is -1.73. The zero-order valence-electron chi connectivity index (χ0n) is 17.1. The van der Waals surface area contributed by atoms with Gasteiger partial charge in [-0.2, -0.15) is 0 Å². The molecule has 0 unspecified atom stereocenters. The monoisotopic (exact) mass is 485 g/mol. The van der Waals surface area contributed by atoms with Gasteiger partial charge in [0.05, 0.1) is 6.16 Å². The fourth-order valence-corrected chi connectivity index (χ4v) is 8.32. The minimum Gasteiger partial charge on any atom is -1.00 e. The summed E-state index contributed by atoms with van der Waals surface area (Å²) in [5.41, 5.74) is 0. The van der Waals surface area contributed by atoms with Crippen LogP contribution in [0.5, 0.6) is 0 Å². The molecule has 1 amide bonds. The fourth-order valence-electron chi connectivity index (χ4n) is 3.90. The van der Waals surface area contributed by atoms with Crippen molar-refractivity contribution in [1.29, 1.82) is 0 Å². The van der Waals surface area contributed by atoms with Gasteiger partial charge < -0.3 is 27.4 Å². The van der Waals surface area contributed by atoms with E-state index in [0.29, 0.717) is 6.54 Å². The highest BCUT2D eigenvalue weighted by Crippen LogP contribution is 2.55. The van der Waals surface area contributed by atoms with Gasteiger partial charge >= 0.3 is 6.09 Å². The molecule has 0 saturated carbocycles. The van der Waals surface area contributed by atoms with Crippen LogP contribution >= 0.6 is 7.26 Å². The summed E-state index contributed by atoms with van der Waals surface area (Å²) >= 11 is 0. The zero-order chi connectivity index (χ0) is 20.4. The van der Waals surface area contributed by atoms with Crippen LogP contribution in [-0.4, -0.2) is 23.9 Å². The van der Waals surface area contributed by atoms with Gasteiger partial charge in [0.15, 0.2) is 0 Å². The average molecular weight is 486 g/mol. The number of rotatable bonds is 10. The maximum atomic E-state index is 10.6. The van der Waals surface area contributed by atoms with Crippen molar-refractivity contribution < 1.29 is 26.9 Å². The first-order chi connectivity index (χ1) is 14.2.